The first-order chi connectivity index (χ1) is 18.9. The number of benzene rings is 4. The maximum atomic E-state index is 13.5. The predicted molar refractivity (Wildman–Crippen MR) is 159 cm³/mol. The number of para-hydroxylation sites is 1. The summed E-state index contributed by atoms with van der Waals surface area (Å²) in [7, 11) is 0. The van der Waals surface area contributed by atoms with Gasteiger partial charge in [0, 0.05) is 10.4 Å². The Balaban J connectivity index is 1.35. The van der Waals surface area contributed by atoms with Crippen molar-refractivity contribution in [3.05, 3.63) is 127 Å². The standard InChI is InChI=1S/C30H18ClFIN3O3/c31-21-9-11-26-20(14-21)15-28(39-26)29-35-25-7-2-1-6-23(25)30(37)36(29)34-16-18-8-10-27(24(33)13-18)38-17-19-4-3-5-22(32)12-19/h1-16H,17H2. The molecule has 4 aromatic carbocycles. The molecule has 0 spiro atoms. The Morgan fingerprint density at radius 1 is 1.03 bits per heavy atom. The second kappa shape index (κ2) is 10.6. The van der Waals surface area contributed by atoms with Gasteiger partial charge in [0.2, 0.25) is 5.82 Å². The monoisotopic (exact) mass is 649 g/mol. The zero-order chi connectivity index (χ0) is 26.9. The van der Waals surface area contributed by atoms with Crippen LogP contribution in [-0.2, 0) is 6.61 Å². The van der Waals surface area contributed by atoms with E-state index in [0.29, 0.717) is 33.0 Å². The highest BCUT2D eigenvalue weighted by Gasteiger charge is 2.16. The van der Waals surface area contributed by atoms with Crippen molar-refractivity contribution in [3.63, 3.8) is 0 Å². The summed E-state index contributed by atoms with van der Waals surface area (Å²) in [5, 5.41) is 6.32. The Hall–Kier alpha value is -4.02. The van der Waals surface area contributed by atoms with Crippen molar-refractivity contribution in [3.8, 4) is 17.3 Å². The van der Waals surface area contributed by atoms with Gasteiger partial charge in [0.1, 0.15) is 23.8 Å². The second-order valence-electron chi connectivity index (χ2n) is 8.72. The number of fused-ring (bicyclic) bond motifs is 2. The van der Waals surface area contributed by atoms with Crippen molar-refractivity contribution in [2.75, 3.05) is 0 Å². The van der Waals surface area contributed by atoms with Crippen molar-refractivity contribution in [2.24, 2.45) is 5.10 Å². The molecule has 0 fully saturated rings. The van der Waals surface area contributed by atoms with Crippen LogP contribution >= 0.6 is 34.2 Å². The number of hydrogen-bond acceptors (Lipinski definition) is 5. The van der Waals surface area contributed by atoms with Crippen LogP contribution in [0.2, 0.25) is 5.02 Å². The highest BCUT2D eigenvalue weighted by atomic mass is 127. The first kappa shape index (κ1) is 25.3. The molecular formula is C30H18ClFIN3O3. The molecule has 192 valence electrons. The minimum Gasteiger partial charge on any atom is -0.488 e. The summed E-state index contributed by atoms with van der Waals surface area (Å²) < 4.78 is 27.4. The smallest absolute Gasteiger partial charge is 0.282 e. The lowest BCUT2D eigenvalue weighted by Crippen LogP contribution is -2.20. The van der Waals surface area contributed by atoms with Crippen LogP contribution in [0.15, 0.2) is 105 Å². The van der Waals surface area contributed by atoms with E-state index in [1.54, 1.807) is 60.8 Å². The minimum atomic E-state index is -0.324. The van der Waals surface area contributed by atoms with Crippen LogP contribution in [0, 0.1) is 9.39 Å². The number of aromatic nitrogens is 2. The van der Waals surface area contributed by atoms with Crippen molar-refractivity contribution < 1.29 is 13.5 Å². The predicted octanol–water partition coefficient (Wildman–Crippen LogP) is 7.67. The highest BCUT2D eigenvalue weighted by molar-refractivity contribution is 14.1. The van der Waals surface area contributed by atoms with Crippen LogP contribution in [0.3, 0.4) is 0 Å². The summed E-state index contributed by atoms with van der Waals surface area (Å²) in [6.07, 6.45) is 1.58. The number of rotatable bonds is 6. The van der Waals surface area contributed by atoms with Crippen LogP contribution in [0.4, 0.5) is 4.39 Å². The molecular weight excluding hydrogens is 632 g/mol. The fourth-order valence-corrected chi connectivity index (χ4v) is 5.02. The fourth-order valence-electron chi connectivity index (χ4n) is 4.14. The largest absolute Gasteiger partial charge is 0.488 e. The number of furan rings is 1. The first-order valence-electron chi connectivity index (χ1n) is 11.9. The summed E-state index contributed by atoms with van der Waals surface area (Å²) in [4.78, 5) is 18.2. The van der Waals surface area contributed by atoms with Crippen molar-refractivity contribution in [1.29, 1.82) is 0 Å². The van der Waals surface area contributed by atoms with E-state index in [1.807, 2.05) is 24.3 Å². The summed E-state index contributed by atoms with van der Waals surface area (Å²) in [5.41, 5.74) is 2.32. The molecule has 6 aromatic rings. The first-order valence-corrected chi connectivity index (χ1v) is 13.3. The maximum Gasteiger partial charge on any atom is 0.282 e. The zero-order valence-corrected chi connectivity index (χ0v) is 23.1. The van der Waals surface area contributed by atoms with Gasteiger partial charge < -0.3 is 9.15 Å². The molecule has 9 heteroatoms. The molecule has 0 amide bonds. The van der Waals surface area contributed by atoms with E-state index in [4.69, 9.17) is 25.7 Å². The third kappa shape index (κ3) is 5.30. The highest BCUT2D eigenvalue weighted by Crippen LogP contribution is 2.29. The lowest BCUT2D eigenvalue weighted by atomic mass is 10.2. The summed E-state index contributed by atoms with van der Waals surface area (Å²) in [5.74, 6) is 1.01. The number of hydrogen-bond donors (Lipinski definition) is 0. The van der Waals surface area contributed by atoms with Gasteiger partial charge in [-0.05, 0) is 100 Å². The summed E-state index contributed by atoms with van der Waals surface area (Å²) in [6.45, 7) is 0.241. The topological polar surface area (TPSA) is 69.6 Å². The Kier molecular flexibility index (Phi) is 6.88. The van der Waals surface area contributed by atoms with Gasteiger partial charge in [0.15, 0.2) is 5.76 Å². The van der Waals surface area contributed by atoms with E-state index >= 15 is 0 Å². The fraction of sp³-hybridized carbons (Fsp3) is 0.0333. The second-order valence-corrected chi connectivity index (χ2v) is 10.3. The SMILES string of the molecule is O=c1c2ccccc2nc(-c2cc3cc(Cl)ccc3o2)n1N=Cc1ccc(OCc2cccc(F)c2)c(I)c1. The molecule has 0 bridgehead atoms. The minimum absolute atomic E-state index is 0.241. The normalized spacial score (nSPS) is 11.6. The lowest BCUT2D eigenvalue weighted by Gasteiger charge is -2.09. The van der Waals surface area contributed by atoms with Gasteiger partial charge in [-0.2, -0.15) is 9.78 Å². The number of ether oxygens (including phenoxy) is 1. The van der Waals surface area contributed by atoms with E-state index in [9.17, 15) is 9.18 Å². The third-order valence-electron chi connectivity index (χ3n) is 6.01. The molecule has 0 unspecified atom stereocenters. The van der Waals surface area contributed by atoms with Crippen LogP contribution in [-0.4, -0.2) is 15.9 Å². The molecule has 0 radical (unpaired) electrons. The van der Waals surface area contributed by atoms with Gasteiger partial charge in [-0.1, -0.05) is 35.9 Å². The number of halogens is 3. The van der Waals surface area contributed by atoms with Crippen LogP contribution in [0.25, 0.3) is 33.5 Å². The molecule has 0 saturated carbocycles. The quantitative estimate of drug-likeness (QED) is 0.137. The van der Waals surface area contributed by atoms with Crippen LogP contribution in [0.5, 0.6) is 5.75 Å². The van der Waals surface area contributed by atoms with Crippen LogP contribution in [0.1, 0.15) is 11.1 Å². The molecule has 2 heterocycles. The van der Waals surface area contributed by atoms with Crippen LogP contribution < -0.4 is 10.3 Å². The molecule has 6 rings (SSSR count). The lowest BCUT2D eigenvalue weighted by molar-refractivity contribution is 0.303. The van der Waals surface area contributed by atoms with E-state index in [0.717, 1.165) is 20.1 Å². The van der Waals surface area contributed by atoms with E-state index in [1.165, 1.54) is 16.8 Å². The van der Waals surface area contributed by atoms with Gasteiger partial charge in [-0.3, -0.25) is 4.79 Å². The Bertz CT molecular complexity index is 1950. The summed E-state index contributed by atoms with van der Waals surface area (Å²) in [6, 6.07) is 26.0. The van der Waals surface area contributed by atoms with E-state index in [-0.39, 0.29) is 23.8 Å². The third-order valence-corrected chi connectivity index (χ3v) is 7.09. The molecule has 0 saturated heterocycles. The molecule has 39 heavy (non-hydrogen) atoms. The molecule has 0 aliphatic rings. The van der Waals surface area contributed by atoms with Crippen molar-refractivity contribution in [1.82, 2.24) is 9.66 Å². The molecule has 0 aliphatic carbocycles. The average Bonchev–Trinajstić information content (AvgIpc) is 3.35. The molecule has 0 atom stereocenters. The van der Waals surface area contributed by atoms with Crippen molar-refractivity contribution >= 4 is 62.3 Å². The molecule has 2 aromatic heterocycles. The van der Waals surface area contributed by atoms with Gasteiger partial charge in [-0.15, -0.1) is 0 Å². The van der Waals surface area contributed by atoms with Gasteiger partial charge in [-0.25, -0.2) is 9.37 Å². The Morgan fingerprint density at radius 3 is 2.74 bits per heavy atom. The average molecular weight is 650 g/mol. The number of nitrogens with zero attached hydrogens (tertiary/aromatic N) is 3. The van der Waals surface area contributed by atoms with E-state index < -0.39 is 0 Å². The summed E-state index contributed by atoms with van der Waals surface area (Å²) >= 11 is 8.31. The van der Waals surface area contributed by atoms with E-state index in [2.05, 4.69) is 27.7 Å². The molecule has 0 N–H and O–H groups in total. The Labute approximate surface area is 240 Å². The zero-order valence-electron chi connectivity index (χ0n) is 20.1. The van der Waals surface area contributed by atoms with Gasteiger partial charge >= 0.3 is 0 Å². The van der Waals surface area contributed by atoms with Gasteiger partial charge in [0.05, 0.1) is 20.7 Å². The van der Waals surface area contributed by atoms with Gasteiger partial charge in [0.25, 0.3) is 5.56 Å². The molecule has 6 nitrogen and oxygen atoms in total. The Morgan fingerprint density at radius 2 is 1.90 bits per heavy atom. The molecule has 0 aliphatic heterocycles. The maximum absolute atomic E-state index is 13.5. The van der Waals surface area contributed by atoms with Crippen molar-refractivity contribution in [2.45, 2.75) is 6.61 Å².